The summed E-state index contributed by atoms with van der Waals surface area (Å²) in [5.41, 5.74) is 2.79. The third-order valence-electron chi connectivity index (χ3n) is 5.91. The molecule has 2 aromatic carbocycles. The lowest BCUT2D eigenvalue weighted by molar-refractivity contribution is -0.121. The smallest absolute Gasteiger partial charge is 0.319 e. The van der Waals surface area contributed by atoms with E-state index in [2.05, 4.69) is 10.6 Å². The molecule has 8 heteroatoms. The number of benzene rings is 2. The molecule has 0 aliphatic heterocycles. The summed E-state index contributed by atoms with van der Waals surface area (Å²) in [6.07, 6.45) is 2.40. The van der Waals surface area contributed by atoms with Crippen LogP contribution in [0.15, 0.2) is 54.1 Å². The lowest BCUT2D eigenvalue weighted by Crippen LogP contribution is -2.34. The predicted octanol–water partition coefficient (Wildman–Crippen LogP) is 3.25. The molecule has 0 heterocycles. The topological polar surface area (TPSA) is 125 Å². The number of hydrogen-bond acceptors (Lipinski definition) is 6. The Morgan fingerprint density at radius 3 is 2.64 bits per heavy atom. The summed E-state index contributed by atoms with van der Waals surface area (Å²) in [5.74, 6) is -1.07. The van der Waals surface area contributed by atoms with Crippen molar-refractivity contribution in [1.82, 2.24) is 5.32 Å². The third kappa shape index (κ3) is 4.59. The molecule has 0 spiro atoms. The Morgan fingerprint density at radius 2 is 1.91 bits per heavy atom. The maximum absolute atomic E-state index is 12.9. The van der Waals surface area contributed by atoms with Crippen molar-refractivity contribution in [2.24, 2.45) is 5.92 Å². The highest BCUT2D eigenvalue weighted by atomic mass is 16.5. The number of allylic oxidation sites excluding steroid dienone is 2. The Hall–Kier alpha value is -4.07. The molecule has 1 unspecified atom stereocenters. The normalized spacial score (nSPS) is 18.9. The molecular weight excluding hydrogens is 422 g/mol. The van der Waals surface area contributed by atoms with E-state index >= 15 is 0 Å². The van der Waals surface area contributed by atoms with Crippen molar-refractivity contribution in [1.29, 1.82) is 5.41 Å². The maximum Gasteiger partial charge on any atom is 0.319 e. The fourth-order valence-electron chi connectivity index (χ4n) is 4.09. The van der Waals surface area contributed by atoms with Gasteiger partial charge in [0.15, 0.2) is 17.3 Å². The minimum atomic E-state index is -0.625. The summed E-state index contributed by atoms with van der Waals surface area (Å²) in [5, 5.41) is 13.2. The number of fused-ring (bicyclic) bond motifs is 1. The van der Waals surface area contributed by atoms with Gasteiger partial charge in [0.2, 0.25) is 0 Å². The van der Waals surface area contributed by atoms with E-state index in [1.165, 1.54) is 0 Å². The Bertz CT molecular complexity index is 1200. The van der Waals surface area contributed by atoms with Gasteiger partial charge < -0.3 is 15.4 Å². The molecular formula is C25H23N3O5. The molecule has 2 aromatic rings. The van der Waals surface area contributed by atoms with Gasteiger partial charge in [-0.25, -0.2) is 4.79 Å². The van der Waals surface area contributed by atoms with Gasteiger partial charge >= 0.3 is 6.03 Å². The van der Waals surface area contributed by atoms with Crippen LogP contribution in [-0.4, -0.2) is 36.2 Å². The lowest BCUT2D eigenvalue weighted by atomic mass is 9.84. The van der Waals surface area contributed by atoms with Gasteiger partial charge in [-0.05, 0) is 41.8 Å². The first-order chi connectivity index (χ1) is 15.9. The average Bonchev–Trinajstić information content (AvgIpc) is 3.14. The summed E-state index contributed by atoms with van der Waals surface area (Å²) in [6.45, 7) is 0.229. The highest BCUT2D eigenvalue weighted by Gasteiger charge is 2.34. The molecule has 0 bridgehead atoms. The summed E-state index contributed by atoms with van der Waals surface area (Å²) in [6, 6.07) is 11.9. The van der Waals surface area contributed by atoms with Crippen LogP contribution in [-0.2, 0) is 22.6 Å². The SMILES string of the molecule is COc1ccc(NC(=O)NCc2cccc3c2C/C(=C\C2CCC(=O)C(=N)C2=O)C3=O)cc1. The van der Waals surface area contributed by atoms with Gasteiger partial charge in [-0.2, -0.15) is 0 Å². The third-order valence-corrected chi connectivity index (χ3v) is 5.91. The van der Waals surface area contributed by atoms with Crippen molar-refractivity contribution in [3.8, 4) is 5.75 Å². The van der Waals surface area contributed by atoms with Crippen LogP contribution in [0.1, 0.15) is 34.3 Å². The molecule has 0 radical (unpaired) electrons. The summed E-state index contributed by atoms with van der Waals surface area (Å²) < 4.78 is 5.10. The quantitative estimate of drug-likeness (QED) is 0.609. The van der Waals surface area contributed by atoms with Gasteiger partial charge in [0.1, 0.15) is 11.5 Å². The largest absolute Gasteiger partial charge is 0.497 e. The van der Waals surface area contributed by atoms with E-state index in [-0.39, 0.29) is 24.8 Å². The number of carbonyl (C=O) groups excluding carboxylic acids is 4. The van der Waals surface area contributed by atoms with E-state index in [1.54, 1.807) is 49.6 Å². The van der Waals surface area contributed by atoms with E-state index in [1.807, 2.05) is 6.07 Å². The van der Waals surface area contributed by atoms with Crippen molar-refractivity contribution in [3.63, 3.8) is 0 Å². The van der Waals surface area contributed by atoms with Crippen LogP contribution in [0, 0.1) is 11.3 Å². The number of anilines is 1. The van der Waals surface area contributed by atoms with Crippen LogP contribution in [0.4, 0.5) is 10.5 Å². The van der Waals surface area contributed by atoms with Crippen molar-refractivity contribution in [2.75, 3.05) is 12.4 Å². The monoisotopic (exact) mass is 445 g/mol. The number of methoxy groups -OCH3 is 1. The molecule has 0 saturated heterocycles. The average molecular weight is 445 g/mol. The first-order valence-corrected chi connectivity index (χ1v) is 10.6. The Kier molecular flexibility index (Phi) is 6.17. The van der Waals surface area contributed by atoms with E-state index < -0.39 is 23.2 Å². The Labute approximate surface area is 190 Å². The number of hydrogen-bond donors (Lipinski definition) is 3. The van der Waals surface area contributed by atoms with E-state index in [0.717, 1.165) is 11.1 Å². The van der Waals surface area contributed by atoms with Crippen LogP contribution in [0.5, 0.6) is 5.75 Å². The van der Waals surface area contributed by atoms with Crippen molar-refractivity contribution >= 4 is 34.8 Å². The Morgan fingerprint density at radius 1 is 1.15 bits per heavy atom. The van der Waals surface area contributed by atoms with E-state index in [9.17, 15) is 19.2 Å². The second-order valence-electron chi connectivity index (χ2n) is 7.98. The summed E-state index contributed by atoms with van der Waals surface area (Å²) >= 11 is 0. The molecule has 2 aliphatic carbocycles. The van der Waals surface area contributed by atoms with Gasteiger partial charge in [-0.15, -0.1) is 0 Å². The zero-order chi connectivity index (χ0) is 23.5. The number of ether oxygens (including phenoxy) is 1. The van der Waals surface area contributed by atoms with Crippen LogP contribution in [0.3, 0.4) is 0 Å². The molecule has 2 amide bonds. The van der Waals surface area contributed by atoms with Crippen molar-refractivity contribution < 1.29 is 23.9 Å². The second-order valence-corrected chi connectivity index (χ2v) is 7.98. The summed E-state index contributed by atoms with van der Waals surface area (Å²) in [7, 11) is 1.57. The van der Waals surface area contributed by atoms with E-state index in [0.29, 0.717) is 35.4 Å². The van der Waals surface area contributed by atoms with Gasteiger partial charge in [0.25, 0.3) is 0 Å². The maximum atomic E-state index is 12.9. The molecule has 168 valence electrons. The molecule has 3 N–H and O–H groups in total. The number of carbonyl (C=O) groups is 4. The first-order valence-electron chi connectivity index (χ1n) is 10.6. The molecule has 2 aliphatic rings. The van der Waals surface area contributed by atoms with E-state index in [4.69, 9.17) is 10.1 Å². The fourth-order valence-corrected chi connectivity index (χ4v) is 4.09. The van der Waals surface area contributed by atoms with Crippen LogP contribution in [0.25, 0.3) is 0 Å². The Balaban J connectivity index is 1.44. The van der Waals surface area contributed by atoms with Gasteiger partial charge in [-0.1, -0.05) is 24.3 Å². The molecule has 0 aromatic heterocycles. The number of rotatable bonds is 5. The van der Waals surface area contributed by atoms with Crippen molar-refractivity contribution in [2.45, 2.75) is 25.8 Å². The molecule has 33 heavy (non-hydrogen) atoms. The lowest BCUT2D eigenvalue weighted by Gasteiger charge is -2.17. The second kappa shape index (κ2) is 9.20. The van der Waals surface area contributed by atoms with Gasteiger partial charge in [0.05, 0.1) is 7.11 Å². The van der Waals surface area contributed by atoms with Gasteiger partial charge in [0, 0.05) is 42.1 Å². The minimum Gasteiger partial charge on any atom is -0.497 e. The molecule has 1 fully saturated rings. The molecule has 1 atom stereocenters. The molecule has 4 rings (SSSR count). The van der Waals surface area contributed by atoms with Crippen molar-refractivity contribution in [3.05, 3.63) is 70.8 Å². The van der Waals surface area contributed by atoms with Crippen LogP contribution in [0.2, 0.25) is 0 Å². The first kappa shape index (κ1) is 22.1. The number of urea groups is 1. The van der Waals surface area contributed by atoms with Crippen LogP contribution < -0.4 is 15.4 Å². The number of Topliss-reactive ketones (excluding diaryl/α,β-unsaturated/α-hetero) is 3. The van der Waals surface area contributed by atoms with Crippen LogP contribution >= 0.6 is 0 Å². The molecule has 8 nitrogen and oxygen atoms in total. The zero-order valence-electron chi connectivity index (χ0n) is 18.1. The summed E-state index contributed by atoms with van der Waals surface area (Å²) in [4.78, 5) is 49.0. The zero-order valence-corrected chi connectivity index (χ0v) is 18.1. The fraction of sp³-hybridized carbons (Fsp3) is 0.240. The molecule has 1 saturated carbocycles. The standard InChI is InChI=1S/C25H23N3O5/c1-33-18-8-6-17(7-9-18)28-25(32)27-13-15-3-2-4-19-20(15)12-16(23(19)30)11-14-5-10-21(29)22(26)24(14)31/h2-4,6-9,11,14,26H,5,10,12-13H2,1H3,(H2,27,28,32)/b16-11+,26-22?. The predicted molar refractivity (Wildman–Crippen MR) is 122 cm³/mol. The number of ketones is 3. The number of amides is 2. The highest BCUT2D eigenvalue weighted by molar-refractivity contribution is 6.66. The van der Waals surface area contributed by atoms with Gasteiger partial charge in [-0.3, -0.25) is 19.8 Å². The minimum absolute atomic E-state index is 0.138. The number of nitrogens with one attached hydrogen (secondary N) is 3. The highest BCUT2D eigenvalue weighted by Crippen LogP contribution is 2.31.